The van der Waals surface area contributed by atoms with Gasteiger partial charge in [0.1, 0.15) is 6.04 Å². The van der Waals surface area contributed by atoms with Crippen molar-refractivity contribution in [2.24, 2.45) is 11.8 Å². The standard InChI is InChI=1S/C15H26N2O3/c1-11-6-8-17(13(9-11)15(19)20)14(18)5-4-12-3-2-7-16-10-12/h11-13,16H,2-10H2,1H3,(H,19,20). The third-order valence-corrected chi connectivity index (χ3v) is 4.64. The van der Waals surface area contributed by atoms with E-state index in [1.807, 2.05) is 0 Å². The molecule has 0 saturated carbocycles. The SMILES string of the molecule is CC1CCN(C(=O)CCC2CCCNC2)C(C(=O)O)C1. The Morgan fingerprint density at radius 3 is 2.80 bits per heavy atom. The zero-order valence-electron chi connectivity index (χ0n) is 12.3. The van der Waals surface area contributed by atoms with Gasteiger partial charge in [-0.3, -0.25) is 4.79 Å². The largest absolute Gasteiger partial charge is 0.480 e. The zero-order chi connectivity index (χ0) is 14.5. The molecule has 2 rings (SSSR count). The summed E-state index contributed by atoms with van der Waals surface area (Å²) in [7, 11) is 0. The molecule has 3 atom stereocenters. The summed E-state index contributed by atoms with van der Waals surface area (Å²) in [4.78, 5) is 25.2. The molecule has 0 bridgehead atoms. The van der Waals surface area contributed by atoms with Crippen molar-refractivity contribution in [3.63, 3.8) is 0 Å². The van der Waals surface area contributed by atoms with Crippen LogP contribution in [-0.2, 0) is 9.59 Å². The molecule has 0 spiro atoms. The Hall–Kier alpha value is -1.10. The number of aliphatic carboxylic acids is 1. The van der Waals surface area contributed by atoms with E-state index >= 15 is 0 Å². The van der Waals surface area contributed by atoms with Crippen LogP contribution in [-0.4, -0.2) is 47.6 Å². The maximum absolute atomic E-state index is 12.3. The first kappa shape index (κ1) is 15.3. The number of hydrogen-bond acceptors (Lipinski definition) is 3. The molecule has 114 valence electrons. The van der Waals surface area contributed by atoms with Gasteiger partial charge in [-0.2, -0.15) is 0 Å². The Balaban J connectivity index is 1.84. The minimum atomic E-state index is -0.857. The lowest BCUT2D eigenvalue weighted by molar-refractivity contribution is -0.153. The number of rotatable bonds is 4. The van der Waals surface area contributed by atoms with Crippen LogP contribution >= 0.6 is 0 Å². The fourth-order valence-electron chi connectivity index (χ4n) is 3.32. The van der Waals surface area contributed by atoms with Crippen molar-refractivity contribution in [2.45, 2.75) is 51.5 Å². The van der Waals surface area contributed by atoms with Crippen LogP contribution in [0.3, 0.4) is 0 Å². The number of nitrogens with one attached hydrogen (secondary N) is 1. The Kier molecular flexibility index (Phi) is 5.40. The third kappa shape index (κ3) is 3.95. The Morgan fingerprint density at radius 1 is 1.35 bits per heavy atom. The number of hydrogen-bond donors (Lipinski definition) is 2. The molecule has 0 aromatic rings. The van der Waals surface area contributed by atoms with Crippen LogP contribution in [0, 0.1) is 11.8 Å². The molecule has 5 heteroatoms. The third-order valence-electron chi connectivity index (χ3n) is 4.64. The maximum Gasteiger partial charge on any atom is 0.326 e. The van der Waals surface area contributed by atoms with Gasteiger partial charge in [0.25, 0.3) is 0 Å². The Morgan fingerprint density at radius 2 is 2.15 bits per heavy atom. The Labute approximate surface area is 120 Å². The van der Waals surface area contributed by atoms with Crippen LogP contribution in [0.2, 0.25) is 0 Å². The number of carbonyl (C=O) groups is 2. The van der Waals surface area contributed by atoms with Gasteiger partial charge < -0.3 is 15.3 Å². The number of carboxylic acid groups (broad SMARTS) is 1. The first-order valence-electron chi connectivity index (χ1n) is 7.81. The maximum atomic E-state index is 12.3. The van der Waals surface area contributed by atoms with E-state index in [0.717, 1.165) is 25.9 Å². The summed E-state index contributed by atoms with van der Waals surface area (Å²) in [6, 6.07) is -0.615. The average Bonchev–Trinajstić information content (AvgIpc) is 2.45. The summed E-state index contributed by atoms with van der Waals surface area (Å²) >= 11 is 0. The lowest BCUT2D eigenvalue weighted by Crippen LogP contribution is -2.49. The van der Waals surface area contributed by atoms with E-state index in [0.29, 0.717) is 31.2 Å². The van der Waals surface area contributed by atoms with Crippen LogP contribution in [0.5, 0.6) is 0 Å². The number of carbonyl (C=O) groups excluding carboxylic acids is 1. The van der Waals surface area contributed by atoms with Crippen molar-refractivity contribution < 1.29 is 14.7 Å². The first-order chi connectivity index (χ1) is 9.58. The monoisotopic (exact) mass is 282 g/mol. The van der Waals surface area contributed by atoms with Crippen LogP contribution in [0.25, 0.3) is 0 Å². The van der Waals surface area contributed by atoms with Crippen LogP contribution in [0.15, 0.2) is 0 Å². The predicted molar refractivity (Wildman–Crippen MR) is 76.4 cm³/mol. The molecule has 20 heavy (non-hydrogen) atoms. The van der Waals surface area contributed by atoms with Gasteiger partial charge in [-0.05, 0) is 57.0 Å². The van der Waals surface area contributed by atoms with Crippen molar-refractivity contribution in [2.75, 3.05) is 19.6 Å². The molecule has 1 amide bonds. The van der Waals surface area contributed by atoms with Crippen LogP contribution in [0.4, 0.5) is 0 Å². The highest BCUT2D eigenvalue weighted by molar-refractivity contribution is 5.83. The number of nitrogens with zero attached hydrogens (tertiary/aromatic N) is 1. The molecule has 2 N–H and O–H groups in total. The fourth-order valence-corrected chi connectivity index (χ4v) is 3.32. The van der Waals surface area contributed by atoms with Gasteiger partial charge in [-0.1, -0.05) is 6.92 Å². The van der Waals surface area contributed by atoms with E-state index in [-0.39, 0.29) is 5.91 Å². The summed E-state index contributed by atoms with van der Waals surface area (Å²) in [5.41, 5.74) is 0. The second kappa shape index (κ2) is 7.07. The van der Waals surface area contributed by atoms with Crippen molar-refractivity contribution in [3.05, 3.63) is 0 Å². The molecule has 3 unspecified atom stereocenters. The van der Waals surface area contributed by atoms with E-state index < -0.39 is 12.0 Å². The lowest BCUT2D eigenvalue weighted by atomic mass is 9.91. The Bertz CT molecular complexity index is 353. The van der Waals surface area contributed by atoms with Crippen LogP contribution < -0.4 is 5.32 Å². The highest BCUT2D eigenvalue weighted by Crippen LogP contribution is 2.24. The topological polar surface area (TPSA) is 69.6 Å². The van der Waals surface area contributed by atoms with Gasteiger partial charge in [0.2, 0.25) is 5.91 Å². The normalized spacial score (nSPS) is 31.1. The molecule has 0 aromatic heterocycles. The predicted octanol–water partition coefficient (Wildman–Crippen LogP) is 1.48. The summed E-state index contributed by atoms with van der Waals surface area (Å²) < 4.78 is 0. The van der Waals surface area contributed by atoms with Crippen molar-refractivity contribution >= 4 is 11.9 Å². The molecule has 2 aliphatic rings. The van der Waals surface area contributed by atoms with E-state index in [1.54, 1.807) is 4.90 Å². The number of carboxylic acids is 1. The second-order valence-corrected chi connectivity index (χ2v) is 6.32. The van der Waals surface area contributed by atoms with Crippen molar-refractivity contribution in [1.82, 2.24) is 10.2 Å². The molecule has 2 saturated heterocycles. The number of likely N-dealkylation sites (tertiary alicyclic amines) is 1. The number of piperidine rings is 2. The molecule has 2 heterocycles. The van der Waals surface area contributed by atoms with Crippen molar-refractivity contribution in [3.8, 4) is 0 Å². The quantitative estimate of drug-likeness (QED) is 0.819. The molecule has 2 fully saturated rings. The first-order valence-corrected chi connectivity index (χ1v) is 7.81. The highest BCUT2D eigenvalue weighted by Gasteiger charge is 2.34. The van der Waals surface area contributed by atoms with Crippen LogP contribution in [0.1, 0.15) is 45.4 Å². The van der Waals surface area contributed by atoms with Gasteiger partial charge in [0, 0.05) is 13.0 Å². The summed E-state index contributed by atoms with van der Waals surface area (Å²) in [6.45, 7) is 4.73. The average molecular weight is 282 g/mol. The van der Waals surface area contributed by atoms with Gasteiger partial charge in [-0.15, -0.1) is 0 Å². The minimum Gasteiger partial charge on any atom is -0.480 e. The fraction of sp³-hybridized carbons (Fsp3) is 0.867. The van der Waals surface area contributed by atoms with E-state index in [2.05, 4.69) is 12.2 Å². The van der Waals surface area contributed by atoms with E-state index in [1.165, 1.54) is 12.8 Å². The van der Waals surface area contributed by atoms with Gasteiger partial charge >= 0.3 is 5.97 Å². The molecular formula is C15H26N2O3. The summed E-state index contributed by atoms with van der Waals surface area (Å²) in [6.07, 6.45) is 5.23. The smallest absolute Gasteiger partial charge is 0.326 e. The van der Waals surface area contributed by atoms with Gasteiger partial charge in [0.15, 0.2) is 0 Å². The molecule has 5 nitrogen and oxygen atoms in total. The molecule has 0 aromatic carbocycles. The molecule has 0 aliphatic carbocycles. The summed E-state index contributed by atoms with van der Waals surface area (Å²) in [5, 5.41) is 12.6. The minimum absolute atomic E-state index is 0.0230. The lowest BCUT2D eigenvalue weighted by Gasteiger charge is -2.36. The van der Waals surface area contributed by atoms with Gasteiger partial charge in [0.05, 0.1) is 0 Å². The second-order valence-electron chi connectivity index (χ2n) is 6.32. The number of amides is 1. The van der Waals surface area contributed by atoms with Gasteiger partial charge in [-0.25, -0.2) is 4.79 Å². The zero-order valence-corrected chi connectivity index (χ0v) is 12.3. The molecular weight excluding hydrogens is 256 g/mol. The highest BCUT2D eigenvalue weighted by atomic mass is 16.4. The molecule has 2 aliphatic heterocycles. The molecule has 0 radical (unpaired) electrons. The van der Waals surface area contributed by atoms with Crippen molar-refractivity contribution in [1.29, 1.82) is 0 Å². The van der Waals surface area contributed by atoms with E-state index in [4.69, 9.17) is 0 Å². The summed E-state index contributed by atoms with van der Waals surface area (Å²) in [5.74, 6) is 0.126. The van der Waals surface area contributed by atoms with E-state index in [9.17, 15) is 14.7 Å².